The number of anilines is 2. The van der Waals surface area contributed by atoms with Gasteiger partial charge in [-0.1, -0.05) is 6.92 Å². The average molecular weight is 430 g/mol. The highest BCUT2D eigenvalue weighted by Gasteiger charge is 2.28. The number of carboxylic acid groups (broad SMARTS) is 1. The maximum Gasteiger partial charge on any atom is 0.258 e. The lowest BCUT2D eigenvalue weighted by Gasteiger charge is -2.18. The first-order chi connectivity index (χ1) is 14.4. The van der Waals surface area contributed by atoms with Crippen molar-refractivity contribution < 1.29 is 24.2 Å². The molecule has 0 saturated heterocycles. The predicted octanol–water partition coefficient (Wildman–Crippen LogP) is 2.99. The third-order valence-corrected chi connectivity index (χ3v) is 6.14. The molecule has 2 amide bonds. The van der Waals surface area contributed by atoms with Crippen LogP contribution in [-0.2, 0) is 22.4 Å². The Balaban J connectivity index is 1.82. The molecule has 1 aromatic heterocycles. The molecule has 7 nitrogen and oxygen atoms in total. The summed E-state index contributed by atoms with van der Waals surface area (Å²) in [7, 11) is 0. The van der Waals surface area contributed by atoms with Gasteiger partial charge in [-0.25, -0.2) is 0 Å². The van der Waals surface area contributed by atoms with E-state index in [1.165, 1.54) is 11.3 Å². The topological polar surface area (TPSA) is 108 Å². The second-order valence-corrected chi connectivity index (χ2v) is 8.49. The van der Waals surface area contributed by atoms with Crippen LogP contribution in [0.25, 0.3) is 0 Å². The number of rotatable bonds is 8. The lowest BCUT2D eigenvalue weighted by atomic mass is 9.88. The van der Waals surface area contributed by atoms with E-state index in [2.05, 4.69) is 17.6 Å². The summed E-state index contributed by atoms with van der Waals surface area (Å²) in [6.07, 6.45) is 2.06. The van der Waals surface area contributed by atoms with E-state index in [4.69, 9.17) is 4.74 Å². The zero-order valence-corrected chi connectivity index (χ0v) is 17.9. The van der Waals surface area contributed by atoms with Crippen LogP contribution in [0.2, 0.25) is 0 Å². The van der Waals surface area contributed by atoms with E-state index in [9.17, 15) is 19.5 Å². The van der Waals surface area contributed by atoms with E-state index in [0.717, 1.165) is 35.5 Å². The molecule has 1 aliphatic carbocycles. The minimum Gasteiger partial charge on any atom is -0.550 e. The summed E-state index contributed by atoms with van der Waals surface area (Å²) in [6.45, 7) is 4.63. The fraction of sp³-hybridized carbons (Fsp3) is 0.409. The van der Waals surface area contributed by atoms with Gasteiger partial charge in [0.25, 0.3) is 5.91 Å². The molecule has 1 heterocycles. The molecule has 0 saturated carbocycles. The summed E-state index contributed by atoms with van der Waals surface area (Å²) < 4.78 is 5.42. The Morgan fingerprint density at radius 2 is 1.90 bits per heavy atom. The van der Waals surface area contributed by atoms with Crippen LogP contribution in [0.5, 0.6) is 5.75 Å². The number of carbonyl (C=O) groups excluding carboxylic acids is 3. The molecule has 30 heavy (non-hydrogen) atoms. The van der Waals surface area contributed by atoms with Gasteiger partial charge in [0, 0.05) is 23.0 Å². The summed E-state index contributed by atoms with van der Waals surface area (Å²) in [5, 5.41) is 16.7. The van der Waals surface area contributed by atoms with Gasteiger partial charge in [-0.15, -0.1) is 11.3 Å². The van der Waals surface area contributed by atoms with Crippen molar-refractivity contribution in [1.29, 1.82) is 0 Å². The van der Waals surface area contributed by atoms with Gasteiger partial charge in [0.15, 0.2) is 0 Å². The fourth-order valence-corrected chi connectivity index (χ4v) is 4.90. The predicted molar refractivity (Wildman–Crippen MR) is 114 cm³/mol. The minimum atomic E-state index is -1.28. The van der Waals surface area contributed by atoms with Crippen LogP contribution in [0.1, 0.15) is 53.9 Å². The van der Waals surface area contributed by atoms with Crippen molar-refractivity contribution >= 4 is 39.8 Å². The summed E-state index contributed by atoms with van der Waals surface area (Å²) in [6, 6.07) is 7.10. The zero-order valence-electron chi connectivity index (χ0n) is 17.1. The molecule has 2 aromatic rings. The van der Waals surface area contributed by atoms with E-state index < -0.39 is 11.9 Å². The molecule has 0 unspecified atom stereocenters. The lowest BCUT2D eigenvalue weighted by molar-refractivity contribution is -0.305. The monoisotopic (exact) mass is 429 g/mol. The number of nitrogens with one attached hydrogen (secondary N) is 2. The molecule has 8 heteroatoms. The van der Waals surface area contributed by atoms with Crippen LogP contribution in [0.3, 0.4) is 0 Å². The molecule has 160 valence electrons. The number of amides is 2. The van der Waals surface area contributed by atoms with Crippen molar-refractivity contribution in [1.82, 2.24) is 0 Å². The summed E-state index contributed by atoms with van der Waals surface area (Å²) >= 11 is 1.40. The molecular weight excluding hydrogens is 404 g/mol. The van der Waals surface area contributed by atoms with Crippen LogP contribution >= 0.6 is 11.3 Å². The normalized spacial score (nSPS) is 15.2. The van der Waals surface area contributed by atoms with Crippen molar-refractivity contribution in [2.45, 2.75) is 46.0 Å². The summed E-state index contributed by atoms with van der Waals surface area (Å²) in [4.78, 5) is 37.0. The highest BCUT2D eigenvalue weighted by Crippen LogP contribution is 2.40. The van der Waals surface area contributed by atoms with E-state index in [1.807, 2.05) is 6.92 Å². The van der Waals surface area contributed by atoms with Gasteiger partial charge in [0.2, 0.25) is 5.91 Å². The lowest BCUT2D eigenvalue weighted by Crippen LogP contribution is -2.24. The Morgan fingerprint density at radius 3 is 2.57 bits per heavy atom. The van der Waals surface area contributed by atoms with Crippen LogP contribution in [0.15, 0.2) is 24.3 Å². The number of carbonyl (C=O) groups is 3. The highest BCUT2D eigenvalue weighted by atomic mass is 32.1. The number of aliphatic carboxylic acids is 1. The van der Waals surface area contributed by atoms with Gasteiger partial charge in [-0.2, -0.15) is 0 Å². The van der Waals surface area contributed by atoms with Gasteiger partial charge in [-0.05, 0) is 68.4 Å². The Kier molecular flexibility index (Phi) is 7.10. The molecule has 0 bridgehead atoms. The number of hydrogen-bond acceptors (Lipinski definition) is 6. The van der Waals surface area contributed by atoms with Gasteiger partial charge in [0.1, 0.15) is 10.8 Å². The second kappa shape index (κ2) is 9.75. The highest BCUT2D eigenvalue weighted by molar-refractivity contribution is 7.17. The van der Waals surface area contributed by atoms with Gasteiger partial charge < -0.3 is 25.3 Å². The number of ether oxygens (including phenoxy) is 1. The van der Waals surface area contributed by atoms with E-state index in [0.29, 0.717) is 28.8 Å². The van der Waals surface area contributed by atoms with E-state index in [1.54, 1.807) is 24.3 Å². The maximum atomic E-state index is 13.1. The molecule has 1 aliphatic rings. The van der Waals surface area contributed by atoms with Crippen LogP contribution in [0, 0.1) is 5.92 Å². The number of thiophene rings is 1. The molecule has 0 aliphatic heterocycles. The SMILES string of the molecule is CCOc1ccc(NC(=O)c2c(NC(=O)CCC(=O)[O-])sc3c2CC[C@@H](C)C3)cc1. The molecule has 0 radical (unpaired) electrons. The van der Waals surface area contributed by atoms with Crippen molar-refractivity contribution in [3.63, 3.8) is 0 Å². The van der Waals surface area contributed by atoms with Gasteiger partial charge in [0.05, 0.1) is 12.2 Å². The Hall–Kier alpha value is -2.87. The number of benzene rings is 1. The summed E-state index contributed by atoms with van der Waals surface area (Å²) in [5.74, 6) is -0.779. The molecular formula is C22H25N2O5S-. The Bertz CT molecular complexity index is 936. The van der Waals surface area contributed by atoms with Crippen molar-refractivity contribution in [3.8, 4) is 5.75 Å². The third kappa shape index (κ3) is 5.38. The first-order valence-electron chi connectivity index (χ1n) is 10.1. The molecule has 2 N–H and O–H groups in total. The van der Waals surface area contributed by atoms with Gasteiger partial charge >= 0.3 is 0 Å². The quantitative estimate of drug-likeness (QED) is 0.671. The maximum absolute atomic E-state index is 13.1. The van der Waals surface area contributed by atoms with Crippen molar-refractivity contribution in [2.75, 3.05) is 17.2 Å². The molecule has 3 rings (SSSR count). The zero-order chi connectivity index (χ0) is 21.7. The van der Waals surface area contributed by atoms with E-state index >= 15 is 0 Å². The Morgan fingerprint density at radius 1 is 1.17 bits per heavy atom. The van der Waals surface area contributed by atoms with Gasteiger partial charge in [-0.3, -0.25) is 9.59 Å². The largest absolute Gasteiger partial charge is 0.550 e. The van der Waals surface area contributed by atoms with E-state index in [-0.39, 0.29) is 18.7 Å². The van der Waals surface area contributed by atoms with Crippen LogP contribution < -0.4 is 20.5 Å². The standard InChI is InChI=1S/C22H26N2O5S/c1-3-29-15-7-5-14(6-8-15)23-21(28)20-16-9-4-13(2)12-17(16)30-22(20)24-18(25)10-11-19(26)27/h5-8,13H,3-4,9-12H2,1-2H3,(H,23,28)(H,24,25)(H,26,27)/p-1/t13-/m1/s1. The first kappa shape index (κ1) is 21.8. The molecule has 1 aromatic carbocycles. The van der Waals surface area contributed by atoms with Crippen molar-refractivity contribution in [2.24, 2.45) is 5.92 Å². The average Bonchev–Trinajstić information content (AvgIpc) is 3.04. The molecule has 0 fully saturated rings. The van der Waals surface area contributed by atoms with Crippen molar-refractivity contribution in [3.05, 3.63) is 40.3 Å². The number of hydrogen-bond donors (Lipinski definition) is 2. The molecule has 1 atom stereocenters. The molecule has 0 spiro atoms. The number of carboxylic acids is 1. The third-order valence-electron chi connectivity index (χ3n) is 4.97. The van der Waals surface area contributed by atoms with Crippen LogP contribution in [-0.4, -0.2) is 24.4 Å². The van der Waals surface area contributed by atoms with Crippen LogP contribution in [0.4, 0.5) is 10.7 Å². The second-order valence-electron chi connectivity index (χ2n) is 7.39. The smallest absolute Gasteiger partial charge is 0.258 e. The summed E-state index contributed by atoms with van der Waals surface area (Å²) in [5.41, 5.74) is 2.07. The fourth-order valence-electron chi connectivity index (χ4n) is 3.48. The number of fused-ring (bicyclic) bond motifs is 1. The Labute approximate surface area is 179 Å². The first-order valence-corrected chi connectivity index (χ1v) is 10.9. The minimum absolute atomic E-state index is 0.193.